The molecule has 4 heteroatoms. The number of halogens is 2. The fourth-order valence-corrected chi connectivity index (χ4v) is 2.26. The molecule has 1 aromatic carbocycles. The normalized spacial score (nSPS) is 25.4. The minimum atomic E-state index is -0.863. The number of aliphatic hydroxyl groups excluding tert-OH is 1. The highest BCUT2D eigenvalue weighted by molar-refractivity contribution is 5.44. The molecule has 0 saturated heterocycles. The lowest BCUT2D eigenvalue weighted by Crippen LogP contribution is -2.32. The van der Waals surface area contributed by atoms with Gasteiger partial charge < -0.3 is 10.4 Å². The maximum atomic E-state index is 13.0. The number of rotatable bonds is 2. The van der Waals surface area contributed by atoms with Crippen molar-refractivity contribution in [2.24, 2.45) is 0 Å². The third-order valence-corrected chi connectivity index (χ3v) is 3.25. The average molecular weight is 241 g/mol. The fourth-order valence-electron chi connectivity index (χ4n) is 2.26. The van der Waals surface area contributed by atoms with Crippen LogP contribution in [-0.4, -0.2) is 17.3 Å². The van der Waals surface area contributed by atoms with Crippen molar-refractivity contribution in [1.82, 2.24) is 0 Å². The Labute approximate surface area is 99.7 Å². The summed E-state index contributed by atoms with van der Waals surface area (Å²) in [4.78, 5) is 0. The van der Waals surface area contributed by atoms with Crippen LogP contribution in [0.2, 0.25) is 0 Å². The highest BCUT2D eigenvalue weighted by Crippen LogP contribution is 2.22. The molecule has 2 nitrogen and oxygen atoms in total. The van der Waals surface area contributed by atoms with Gasteiger partial charge in [-0.25, -0.2) is 8.78 Å². The van der Waals surface area contributed by atoms with E-state index in [0.717, 1.165) is 44.2 Å². The molecule has 1 aromatic rings. The van der Waals surface area contributed by atoms with Gasteiger partial charge in [-0.15, -0.1) is 0 Å². The van der Waals surface area contributed by atoms with Crippen molar-refractivity contribution in [3.63, 3.8) is 0 Å². The highest BCUT2D eigenvalue weighted by atomic mass is 19.2. The fraction of sp³-hybridized carbons (Fsp3) is 0.538. The molecule has 0 aromatic heterocycles. The predicted octanol–water partition coefficient (Wildman–Crippen LogP) is 3.07. The first-order valence-electron chi connectivity index (χ1n) is 6.06. The summed E-state index contributed by atoms with van der Waals surface area (Å²) in [6.45, 7) is 0. The molecule has 1 aliphatic carbocycles. The lowest BCUT2D eigenvalue weighted by atomic mass is 10.1. The summed E-state index contributed by atoms with van der Waals surface area (Å²) in [6, 6.07) is 3.66. The van der Waals surface area contributed by atoms with E-state index in [1.54, 1.807) is 0 Å². The van der Waals surface area contributed by atoms with Crippen LogP contribution in [0.1, 0.15) is 32.1 Å². The highest BCUT2D eigenvalue weighted by Gasteiger charge is 2.21. The average Bonchev–Trinajstić information content (AvgIpc) is 2.50. The van der Waals surface area contributed by atoms with Crippen LogP contribution in [-0.2, 0) is 0 Å². The minimum Gasteiger partial charge on any atom is -0.391 e. The molecule has 0 heterocycles. The van der Waals surface area contributed by atoms with Gasteiger partial charge in [0.25, 0.3) is 0 Å². The molecule has 2 rings (SSSR count). The van der Waals surface area contributed by atoms with Crippen LogP contribution in [0.15, 0.2) is 18.2 Å². The van der Waals surface area contributed by atoms with Crippen molar-refractivity contribution in [2.45, 2.75) is 44.2 Å². The summed E-state index contributed by atoms with van der Waals surface area (Å²) in [5.74, 6) is -1.71. The van der Waals surface area contributed by atoms with Crippen LogP contribution in [0.4, 0.5) is 14.5 Å². The van der Waals surface area contributed by atoms with E-state index in [2.05, 4.69) is 5.32 Å². The number of hydrogen-bond acceptors (Lipinski definition) is 2. The molecule has 0 spiro atoms. The zero-order chi connectivity index (χ0) is 12.3. The SMILES string of the molecule is OC1CCCCCC1Nc1ccc(F)c(F)c1. The third kappa shape index (κ3) is 3.16. The second-order valence-corrected chi connectivity index (χ2v) is 4.59. The smallest absolute Gasteiger partial charge is 0.160 e. The Morgan fingerprint density at radius 2 is 1.82 bits per heavy atom. The van der Waals surface area contributed by atoms with Gasteiger partial charge in [-0.05, 0) is 25.0 Å². The summed E-state index contributed by atoms with van der Waals surface area (Å²) < 4.78 is 25.8. The van der Waals surface area contributed by atoms with Crippen LogP contribution in [0.5, 0.6) is 0 Å². The van der Waals surface area contributed by atoms with E-state index in [1.165, 1.54) is 6.07 Å². The summed E-state index contributed by atoms with van der Waals surface area (Å²) >= 11 is 0. The van der Waals surface area contributed by atoms with Gasteiger partial charge in [0, 0.05) is 11.8 Å². The maximum Gasteiger partial charge on any atom is 0.160 e. The van der Waals surface area contributed by atoms with Gasteiger partial charge in [0.1, 0.15) is 0 Å². The first-order valence-corrected chi connectivity index (χ1v) is 6.06. The Bertz CT molecular complexity index is 384. The molecular weight excluding hydrogens is 224 g/mol. The standard InChI is InChI=1S/C13H17F2NO/c14-10-7-6-9(8-11(10)15)16-12-4-2-1-3-5-13(12)17/h6-8,12-13,16-17H,1-5H2. The van der Waals surface area contributed by atoms with Gasteiger partial charge >= 0.3 is 0 Å². The summed E-state index contributed by atoms with van der Waals surface area (Å²) in [7, 11) is 0. The zero-order valence-electron chi connectivity index (χ0n) is 9.63. The van der Waals surface area contributed by atoms with Gasteiger partial charge in [-0.1, -0.05) is 19.3 Å². The van der Waals surface area contributed by atoms with E-state index in [9.17, 15) is 13.9 Å². The number of anilines is 1. The second-order valence-electron chi connectivity index (χ2n) is 4.59. The van der Waals surface area contributed by atoms with Crippen LogP contribution < -0.4 is 5.32 Å². The van der Waals surface area contributed by atoms with E-state index in [1.807, 2.05) is 0 Å². The Kier molecular flexibility index (Phi) is 3.94. The molecule has 1 saturated carbocycles. The number of benzene rings is 1. The second kappa shape index (κ2) is 5.45. The number of hydrogen-bond donors (Lipinski definition) is 2. The van der Waals surface area contributed by atoms with Crippen molar-refractivity contribution < 1.29 is 13.9 Å². The molecule has 94 valence electrons. The third-order valence-electron chi connectivity index (χ3n) is 3.25. The molecule has 0 radical (unpaired) electrons. The molecule has 2 unspecified atom stereocenters. The predicted molar refractivity (Wildman–Crippen MR) is 62.9 cm³/mol. The van der Waals surface area contributed by atoms with Crippen molar-refractivity contribution in [2.75, 3.05) is 5.32 Å². The first-order chi connectivity index (χ1) is 8.16. The van der Waals surface area contributed by atoms with Gasteiger partial charge in [-0.3, -0.25) is 0 Å². The maximum absolute atomic E-state index is 13.0. The monoisotopic (exact) mass is 241 g/mol. The lowest BCUT2D eigenvalue weighted by Gasteiger charge is -2.22. The van der Waals surface area contributed by atoms with Crippen molar-refractivity contribution in [3.8, 4) is 0 Å². The summed E-state index contributed by atoms with van der Waals surface area (Å²) in [6.07, 6.45) is 4.41. The minimum absolute atomic E-state index is 0.0673. The lowest BCUT2D eigenvalue weighted by molar-refractivity contribution is 0.144. The van der Waals surface area contributed by atoms with E-state index in [4.69, 9.17) is 0 Å². The van der Waals surface area contributed by atoms with Gasteiger partial charge in [0.15, 0.2) is 11.6 Å². The topological polar surface area (TPSA) is 32.3 Å². The molecule has 0 aliphatic heterocycles. The van der Waals surface area contributed by atoms with E-state index in [0.29, 0.717) is 5.69 Å². The molecule has 0 bridgehead atoms. The van der Waals surface area contributed by atoms with Crippen LogP contribution in [0.25, 0.3) is 0 Å². The summed E-state index contributed by atoms with van der Waals surface area (Å²) in [5, 5.41) is 13.0. The largest absolute Gasteiger partial charge is 0.391 e. The Balaban J connectivity index is 2.05. The first kappa shape index (κ1) is 12.3. The molecule has 2 atom stereocenters. The van der Waals surface area contributed by atoms with E-state index < -0.39 is 17.7 Å². The van der Waals surface area contributed by atoms with Crippen LogP contribution in [0, 0.1) is 11.6 Å². The van der Waals surface area contributed by atoms with Crippen LogP contribution in [0.3, 0.4) is 0 Å². The Morgan fingerprint density at radius 1 is 1.06 bits per heavy atom. The van der Waals surface area contributed by atoms with Crippen molar-refractivity contribution in [3.05, 3.63) is 29.8 Å². The van der Waals surface area contributed by atoms with Gasteiger partial charge in [-0.2, -0.15) is 0 Å². The van der Waals surface area contributed by atoms with Crippen molar-refractivity contribution in [1.29, 1.82) is 0 Å². The molecule has 0 amide bonds. The van der Waals surface area contributed by atoms with Gasteiger partial charge in [0.2, 0.25) is 0 Å². The number of aliphatic hydroxyl groups is 1. The molecular formula is C13H17F2NO. The Hall–Kier alpha value is -1.16. The Morgan fingerprint density at radius 3 is 2.59 bits per heavy atom. The quantitative estimate of drug-likeness (QED) is 0.780. The van der Waals surface area contributed by atoms with Crippen LogP contribution >= 0.6 is 0 Å². The van der Waals surface area contributed by atoms with E-state index >= 15 is 0 Å². The molecule has 1 fully saturated rings. The zero-order valence-corrected chi connectivity index (χ0v) is 9.63. The molecule has 17 heavy (non-hydrogen) atoms. The summed E-state index contributed by atoms with van der Waals surface area (Å²) in [5.41, 5.74) is 0.523. The van der Waals surface area contributed by atoms with E-state index in [-0.39, 0.29) is 6.04 Å². The number of nitrogens with one attached hydrogen (secondary N) is 1. The molecule has 1 aliphatic rings. The van der Waals surface area contributed by atoms with Crippen molar-refractivity contribution >= 4 is 5.69 Å². The van der Waals surface area contributed by atoms with Gasteiger partial charge in [0.05, 0.1) is 12.1 Å². The molecule has 2 N–H and O–H groups in total.